The Morgan fingerprint density at radius 1 is 1.31 bits per heavy atom. The minimum absolute atomic E-state index is 0.245. The lowest BCUT2D eigenvalue weighted by Gasteiger charge is -2.22. The van der Waals surface area contributed by atoms with Crippen LogP contribution in [0.5, 0.6) is 6.01 Å². The Morgan fingerprint density at radius 3 is 3.06 bits per heavy atom. The number of hydrogen-bond donors (Lipinski definition) is 2. The zero-order valence-corrected chi connectivity index (χ0v) is 9.07. The number of aromatic nitrogens is 2. The molecule has 1 saturated heterocycles. The summed E-state index contributed by atoms with van der Waals surface area (Å²) in [6.45, 7) is 2.01. The van der Waals surface area contributed by atoms with E-state index in [1.54, 1.807) is 0 Å². The summed E-state index contributed by atoms with van der Waals surface area (Å²) in [7, 11) is 0. The van der Waals surface area contributed by atoms with Crippen molar-refractivity contribution in [2.75, 3.05) is 13.1 Å². The number of aromatic amines is 1. The molecule has 2 heterocycles. The molecule has 0 aliphatic carbocycles. The predicted octanol–water partition coefficient (Wildman–Crippen LogP) is 1.69. The van der Waals surface area contributed by atoms with Gasteiger partial charge in [-0.15, -0.1) is 0 Å². The number of para-hydroxylation sites is 2. The molecule has 1 atom stereocenters. The van der Waals surface area contributed by atoms with E-state index >= 15 is 0 Å². The number of piperidine rings is 1. The summed E-state index contributed by atoms with van der Waals surface area (Å²) in [5.41, 5.74) is 1.99. The normalized spacial score (nSPS) is 21.1. The second-order valence-corrected chi connectivity index (χ2v) is 4.15. The van der Waals surface area contributed by atoms with E-state index in [1.165, 1.54) is 6.42 Å². The number of nitrogens with one attached hydrogen (secondary N) is 2. The molecule has 0 bridgehead atoms. The number of imidazole rings is 1. The van der Waals surface area contributed by atoms with Crippen LogP contribution in [0.2, 0.25) is 0 Å². The number of nitrogens with zero attached hydrogens (tertiary/aromatic N) is 1. The second kappa shape index (κ2) is 4.14. The molecule has 0 amide bonds. The van der Waals surface area contributed by atoms with Crippen LogP contribution >= 0.6 is 0 Å². The van der Waals surface area contributed by atoms with Crippen molar-refractivity contribution in [3.63, 3.8) is 0 Å². The van der Waals surface area contributed by atoms with Crippen molar-refractivity contribution >= 4 is 11.0 Å². The second-order valence-electron chi connectivity index (χ2n) is 4.15. The van der Waals surface area contributed by atoms with Crippen LogP contribution in [0.25, 0.3) is 11.0 Å². The van der Waals surface area contributed by atoms with Crippen molar-refractivity contribution in [2.24, 2.45) is 0 Å². The van der Waals surface area contributed by atoms with E-state index in [0.29, 0.717) is 6.01 Å². The molecule has 16 heavy (non-hydrogen) atoms. The quantitative estimate of drug-likeness (QED) is 0.805. The number of rotatable bonds is 2. The fourth-order valence-electron chi connectivity index (χ4n) is 2.06. The lowest BCUT2D eigenvalue weighted by atomic mass is 10.1. The summed E-state index contributed by atoms with van der Waals surface area (Å²) in [4.78, 5) is 7.58. The minimum atomic E-state index is 0.245. The number of ether oxygens (including phenoxy) is 1. The molecule has 1 aliphatic rings. The van der Waals surface area contributed by atoms with Crippen LogP contribution < -0.4 is 10.1 Å². The van der Waals surface area contributed by atoms with Crippen LogP contribution in [0.1, 0.15) is 12.8 Å². The van der Waals surface area contributed by atoms with Crippen molar-refractivity contribution in [1.82, 2.24) is 15.3 Å². The Hall–Kier alpha value is -1.55. The summed E-state index contributed by atoms with van der Waals surface area (Å²) >= 11 is 0. The smallest absolute Gasteiger partial charge is 0.294 e. The monoisotopic (exact) mass is 217 g/mol. The molecule has 0 saturated carbocycles. The maximum Gasteiger partial charge on any atom is 0.294 e. The van der Waals surface area contributed by atoms with Crippen LogP contribution in [-0.4, -0.2) is 29.2 Å². The van der Waals surface area contributed by atoms with E-state index in [0.717, 1.165) is 30.5 Å². The fourth-order valence-corrected chi connectivity index (χ4v) is 2.06. The van der Waals surface area contributed by atoms with Gasteiger partial charge in [-0.25, -0.2) is 0 Å². The van der Waals surface area contributed by atoms with Gasteiger partial charge in [0.25, 0.3) is 6.01 Å². The van der Waals surface area contributed by atoms with E-state index in [2.05, 4.69) is 15.3 Å². The first-order chi connectivity index (χ1) is 7.92. The van der Waals surface area contributed by atoms with Crippen molar-refractivity contribution in [3.8, 4) is 6.01 Å². The first kappa shape index (κ1) is 9.66. The van der Waals surface area contributed by atoms with Gasteiger partial charge in [0, 0.05) is 6.54 Å². The van der Waals surface area contributed by atoms with Gasteiger partial charge >= 0.3 is 0 Å². The molecule has 1 fully saturated rings. The summed E-state index contributed by atoms with van der Waals surface area (Å²) in [5.74, 6) is 0. The molecule has 3 rings (SSSR count). The molecule has 2 aromatic rings. The standard InChI is InChI=1S/C12H15N3O/c1-2-6-11-10(5-1)14-12(15-11)16-9-4-3-7-13-8-9/h1-2,5-6,9,13H,3-4,7-8H2,(H,14,15)/t9-/m1/s1. The highest BCUT2D eigenvalue weighted by Gasteiger charge is 2.15. The van der Waals surface area contributed by atoms with E-state index in [9.17, 15) is 0 Å². The van der Waals surface area contributed by atoms with Crippen molar-refractivity contribution in [3.05, 3.63) is 24.3 Å². The Kier molecular flexibility index (Phi) is 2.50. The predicted molar refractivity (Wildman–Crippen MR) is 62.6 cm³/mol. The Morgan fingerprint density at radius 2 is 2.25 bits per heavy atom. The highest BCUT2D eigenvalue weighted by Crippen LogP contribution is 2.17. The van der Waals surface area contributed by atoms with Gasteiger partial charge in [0.1, 0.15) is 6.10 Å². The first-order valence-electron chi connectivity index (χ1n) is 5.74. The van der Waals surface area contributed by atoms with Crippen molar-refractivity contribution in [1.29, 1.82) is 0 Å². The Balaban J connectivity index is 1.78. The molecule has 1 aliphatic heterocycles. The van der Waals surface area contributed by atoms with Gasteiger partial charge in [0.2, 0.25) is 0 Å². The molecule has 1 aromatic heterocycles. The number of fused-ring (bicyclic) bond motifs is 1. The zero-order valence-electron chi connectivity index (χ0n) is 9.07. The van der Waals surface area contributed by atoms with E-state index in [-0.39, 0.29) is 6.10 Å². The molecular formula is C12H15N3O. The number of hydrogen-bond acceptors (Lipinski definition) is 3. The van der Waals surface area contributed by atoms with Gasteiger partial charge in [0.15, 0.2) is 0 Å². The van der Waals surface area contributed by atoms with Crippen LogP contribution in [0.15, 0.2) is 24.3 Å². The van der Waals surface area contributed by atoms with E-state index in [4.69, 9.17) is 4.74 Å². The van der Waals surface area contributed by atoms with Gasteiger partial charge in [-0.2, -0.15) is 4.98 Å². The van der Waals surface area contributed by atoms with Gasteiger partial charge in [-0.3, -0.25) is 0 Å². The lowest BCUT2D eigenvalue weighted by molar-refractivity contribution is 0.155. The third-order valence-electron chi connectivity index (χ3n) is 2.90. The highest BCUT2D eigenvalue weighted by atomic mass is 16.5. The molecule has 0 radical (unpaired) electrons. The third-order valence-corrected chi connectivity index (χ3v) is 2.90. The van der Waals surface area contributed by atoms with Gasteiger partial charge < -0.3 is 15.0 Å². The zero-order chi connectivity index (χ0) is 10.8. The van der Waals surface area contributed by atoms with Gasteiger partial charge in [-0.05, 0) is 31.5 Å². The lowest BCUT2D eigenvalue weighted by Crippen LogP contribution is -2.37. The molecule has 0 unspecified atom stereocenters. The maximum absolute atomic E-state index is 5.81. The van der Waals surface area contributed by atoms with E-state index in [1.807, 2.05) is 24.3 Å². The average molecular weight is 217 g/mol. The Labute approximate surface area is 94.0 Å². The van der Waals surface area contributed by atoms with Crippen LogP contribution in [-0.2, 0) is 0 Å². The van der Waals surface area contributed by atoms with Crippen molar-refractivity contribution < 1.29 is 4.74 Å². The van der Waals surface area contributed by atoms with E-state index < -0.39 is 0 Å². The number of H-pyrrole nitrogens is 1. The molecule has 1 aromatic carbocycles. The van der Waals surface area contributed by atoms with Crippen LogP contribution in [0.4, 0.5) is 0 Å². The van der Waals surface area contributed by atoms with Crippen molar-refractivity contribution in [2.45, 2.75) is 18.9 Å². The molecule has 4 heteroatoms. The van der Waals surface area contributed by atoms with Gasteiger partial charge in [-0.1, -0.05) is 12.1 Å². The highest BCUT2D eigenvalue weighted by molar-refractivity contribution is 5.75. The largest absolute Gasteiger partial charge is 0.460 e. The Bertz CT molecular complexity index is 441. The van der Waals surface area contributed by atoms with Gasteiger partial charge in [0.05, 0.1) is 11.0 Å². The van der Waals surface area contributed by atoms with Crippen LogP contribution in [0.3, 0.4) is 0 Å². The molecule has 0 spiro atoms. The topological polar surface area (TPSA) is 49.9 Å². The molecular weight excluding hydrogens is 202 g/mol. The maximum atomic E-state index is 5.81. The summed E-state index contributed by atoms with van der Waals surface area (Å²) < 4.78 is 5.81. The summed E-state index contributed by atoms with van der Waals surface area (Å²) in [6, 6.07) is 8.60. The third kappa shape index (κ3) is 1.88. The fraction of sp³-hybridized carbons (Fsp3) is 0.417. The molecule has 4 nitrogen and oxygen atoms in total. The number of benzene rings is 1. The minimum Gasteiger partial charge on any atom is -0.460 e. The first-order valence-corrected chi connectivity index (χ1v) is 5.74. The molecule has 84 valence electrons. The molecule has 2 N–H and O–H groups in total. The SMILES string of the molecule is c1ccc2[nH]c(O[C@@H]3CCCNC3)nc2c1. The summed E-state index contributed by atoms with van der Waals surface area (Å²) in [5, 5.41) is 3.32. The average Bonchev–Trinajstić information content (AvgIpc) is 2.72. The summed E-state index contributed by atoms with van der Waals surface area (Å²) in [6.07, 6.45) is 2.52. The van der Waals surface area contributed by atoms with Crippen LogP contribution in [0, 0.1) is 0 Å².